The van der Waals surface area contributed by atoms with Crippen molar-refractivity contribution < 1.29 is 9.53 Å². The minimum absolute atomic E-state index is 0.215. The summed E-state index contributed by atoms with van der Waals surface area (Å²) in [7, 11) is 0. The van der Waals surface area contributed by atoms with Crippen molar-refractivity contribution in [1.82, 2.24) is 4.90 Å². The fourth-order valence-corrected chi connectivity index (χ4v) is 2.63. The second kappa shape index (κ2) is 5.76. The van der Waals surface area contributed by atoms with E-state index in [0.717, 1.165) is 22.9 Å². The van der Waals surface area contributed by atoms with Gasteiger partial charge in [-0.2, -0.15) is 0 Å². The highest BCUT2D eigenvalue weighted by Gasteiger charge is 2.35. The highest BCUT2D eigenvalue weighted by molar-refractivity contribution is 9.10. The van der Waals surface area contributed by atoms with Gasteiger partial charge in [-0.1, -0.05) is 28.1 Å². The van der Waals surface area contributed by atoms with Gasteiger partial charge in [0.25, 0.3) is 0 Å². The maximum atomic E-state index is 12.3. The van der Waals surface area contributed by atoms with Crippen LogP contribution in [0.1, 0.15) is 44.7 Å². The van der Waals surface area contributed by atoms with E-state index in [2.05, 4.69) is 41.1 Å². The Balaban J connectivity index is 2.11. The molecule has 110 valence electrons. The summed E-state index contributed by atoms with van der Waals surface area (Å²) in [4.78, 5) is 14.2. The number of nitrogens with zero attached hydrogens (tertiary/aromatic N) is 1. The number of rotatable bonds is 3. The summed E-state index contributed by atoms with van der Waals surface area (Å²) in [5.74, 6) is 0. The average Bonchev–Trinajstić information content (AvgIpc) is 3.09. The van der Waals surface area contributed by atoms with Gasteiger partial charge in [0.15, 0.2) is 0 Å². The predicted octanol–water partition coefficient (Wildman–Crippen LogP) is 4.66. The molecule has 1 saturated carbocycles. The first-order valence-electron chi connectivity index (χ1n) is 7.01. The molecule has 20 heavy (non-hydrogen) atoms. The van der Waals surface area contributed by atoms with E-state index < -0.39 is 5.60 Å². The highest BCUT2D eigenvalue weighted by Crippen LogP contribution is 2.31. The molecule has 4 heteroatoms. The Kier molecular flexibility index (Phi) is 4.43. The van der Waals surface area contributed by atoms with Crippen molar-refractivity contribution >= 4 is 22.0 Å². The molecule has 0 bridgehead atoms. The molecule has 0 atom stereocenters. The second-order valence-corrected chi connectivity index (χ2v) is 7.29. The minimum Gasteiger partial charge on any atom is -0.444 e. The van der Waals surface area contributed by atoms with Gasteiger partial charge < -0.3 is 9.64 Å². The Bertz CT molecular complexity index is 504. The van der Waals surface area contributed by atoms with Crippen molar-refractivity contribution in [2.75, 3.05) is 0 Å². The summed E-state index contributed by atoms with van der Waals surface area (Å²) >= 11 is 3.58. The number of amides is 1. The van der Waals surface area contributed by atoms with Crippen LogP contribution in [-0.4, -0.2) is 22.6 Å². The SMILES string of the molecule is Cc1ccc(CN(C(=O)OC(C)(C)C)C2CC2)c(Br)c1. The summed E-state index contributed by atoms with van der Waals surface area (Å²) in [5, 5.41) is 0. The lowest BCUT2D eigenvalue weighted by atomic mass is 10.1. The molecule has 0 aliphatic heterocycles. The van der Waals surface area contributed by atoms with Crippen LogP contribution in [0.15, 0.2) is 22.7 Å². The summed E-state index contributed by atoms with van der Waals surface area (Å²) in [6.07, 6.45) is 1.93. The number of aryl methyl sites for hydroxylation is 1. The highest BCUT2D eigenvalue weighted by atomic mass is 79.9. The van der Waals surface area contributed by atoms with E-state index in [4.69, 9.17) is 4.74 Å². The summed E-state index contributed by atoms with van der Waals surface area (Å²) < 4.78 is 6.56. The number of ether oxygens (including phenoxy) is 1. The number of benzene rings is 1. The number of hydrogen-bond donors (Lipinski definition) is 0. The predicted molar refractivity (Wildman–Crippen MR) is 83.7 cm³/mol. The molecule has 1 fully saturated rings. The third kappa shape index (κ3) is 4.23. The van der Waals surface area contributed by atoms with Crippen LogP contribution in [0.25, 0.3) is 0 Å². The molecule has 1 aliphatic rings. The first-order valence-corrected chi connectivity index (χ1v) is 7.80. The molecule has 0 radical (unpaired) electrons. The second-order valence-electron chi connectivity index (χ2n) is 6.43. The maximum absolute atomic E-state index is 12.3. The van der Waals surface area contributed by atoms with Crippen molar-refractivity contribution in [2.24, 2.45) is 0 Å². The van der Waals surface area contributed by atoms with Crippen LogP contribution in [0.2, 0.25) is 0 Å². The van der Waals surface area contributed by atoms with Crippen LogP contribution in [0.3, 0.4) is 0 Å². The van der Waals surface area contributed by atoms with Gasteiger partial charge in [0.2, 0.25) is 0 Å². The van der Waals surface area contributed by atoms with E-state index in [-0.39, 0.29) is 6.09 Å². The van der Waals surface area contributed by atoms with Gasteiger partial charge in [-0.15, -0.1) is 0 Å². The lowest BCUT2D eigenvalue weighted by molar-refractivity contribution is 0.0216. The van der Waals surface area contributed by atoms with Crippen molar-refractivity contribution in [3.05, 3.63) is 33.8 Å². The van der Waals surface area contributed by atoms with Gasteiger partial charge in [0.05, 0.1) is 6.54 Å². The summed E-state index contributed by atoms with van der Waals surface area (Å²) in [6, 6.07) is 6.55. The van der Waals surface area contributed by atoms with Gasteiger partial charge in [-0.3, -0.25) is 0 Å². The fraction of sp³-hybridized carbons (Fsp3) is 0.562. The molecule has 0 heterocycles. The summed E-state index contributed by atoms with van der Waals surface area (Å²) in [5.41, 5.74) is 1.87. The van der Waals surface area contributed by atoms with E-state index >= 15 is 0 Å². The van der Waals surface area contributed by atoms with Crippen LogP contribution >= 0.6 is 15.9 Å². The normalized spacial score (nSPS) is 15.1. The van der Waals surface area contributed by atoms with Crippen LogP contribution in [0, 0.1) is 6.92 Å². The van der Waals surface area contributed by atoms with Crippen LogP contribution in [-0.2, 0) is 11.3 Å². The largest absolute Gasteiger partial charge is 0.444 e. The lowest BCUT2D eigenvalue weighted by Crippen LogP contribution is -2.37. The smallest absolute Gasteiger partial charge is 0.410 e. The van der Waals surface area contributed by atoms with Crippen molar-refractivity contribution in [3.63, 3.8) is 0 Å². The zero-order valence-electron chi connectivity index (χ0n) is 12.6. The van der Waals surface area contributed by atoms with Gasteiger partial charge in [-0.25, -0.2) is 4.79 Å². The van der Waals surface area contributed by atoms with Gasteiger partial charge in [0.1, 0.15) is 5.60 Å². The first kappa shape index (κ1) is 15.4. The summed E-state index contributed by atoms with van der Waals surface area (Å²) in [6.45, 7) is 8.36. The average molecular weight is 340 g/mol. The molecule has 0 N–H and O–H groups in total. The Morgan fingerprint density at radius 1 is 1.40 bits per heavy atom. The molecule has 1 aliphatic carbocycles. The molecule has 0 saturated heterocycles. The monoisotopic (exact) mass is 339 g/mol. The Labute approximate surface area is 129 Å². The third-order valence-corrected chi connectivity index (χ3v) is 3.90. The van der Waals surface area contributed by atoms with Crippen LogP contribution in [0.4, 0.5) is 4.79 Å². The molecular formula is C16H22BrNO2. The molecule has 1 aromatic carbocycles. The van der Waals surface area contributed by atoms with Crippen molar-refractivity contribution in [2.45, 2.75) is 58.7 Å². The number of halogens is 1. The van der Waals surface area contributed by atoms with E-state index in [1.54, 1.807) is 0 Å². The maximum Gasteiger partial charge on any atom is 0.410 e. The first-order chi connectivity index (χ1) is 9.26. The van der Waals surface area contributed by atoms with E-state index in [1.807, 2.05) is 25.7 Å². The van der Waals surface area contributed by atoms with Crippen molar-refractivity contribution in [3.8, 4) is 0 Å². The molecule has 1 amide bonds. The minimum atomic E-state index is -0.450. The van der Waals surface area contributed by atoms with E-state index in [1.165, 1.54) is 5.56 Å². The molecule has 2 rings (SSSR count). The van der Waals surface area contributed by atoms with Gasteiger partial charge >= 0.3 is 6.09 Å². The van der Waals surface area contributed by atoms with Gasteiger partial charge in [0, 0.05) is 10.5 Å². The van der Waals surface area contributed by atoms with Crippen molar-refractivity contribution in [1.29, 1.82) is 0 Å². The molecule has 1 aromatic rings. The van der Waals surface area contributed by atoms with Crippen LogP contribution in [0.5, 0.6) is 0 Å². The zero-order valence-corrected chi connectivity index (χ0v) is 14.2. The number of hydrogen-bond acceptors (Lipinski definition) is 2. The number of carbonyl (C=O) groups excluding carboxylic acids is 1. The van der Waals surface area contributed by atoms with E-state index in [9.17, 15) is 4.79 Å². The van der Waals surface area contributed by atoms with E-state index in [0.29, 0.717) is 12.6 Å². The molecular weight excluding hydrogens is 318 g/mol. The Morgan fingerprint density at radius 3 is 2.55 bits per heavy atom. The molecule has 0 aromatic heterocycles. The molecule has 0 unspecified atom stereocenters. The zero-order chi connectivity index (χ0) is 14.9. The quantitative estimate of drug-likeness (QED) is 0.801. The standard InChI is InChI=1S/C16H22BrNO2/c1-11-5-6-12(14(17)9-11)10-18(13-7-8-13)15(19)20-16(2,3)4/h5-6,9,13H,7-8,10H2,1-4H3. The van der Waals surface area contributed by atoms with Crippen LogP contribution < -0.4 is 0 Å². The topological polar surface area (TPSA) is 29.5 Å². The molecule has 0 spiro atoms. The Morgan fingerprint density at radius 2 is 2.05 bits per heavy atom. The Hall–Kier alpha value is -1.03. The molecule has 3 nitrogen and oxygen atoms in total. The third-order valence-electron chi connectivity index (χ3n) is 3.16. The van der Waals surface area contributed by atoms with Gasteiger partial charge in [-0.05, 0) is 57.7 Å². The fourth-order valence-electron chi connectivity index (χ4n) is 2.01. The lowest BCUT2D eigenvalue weighted by Gasteiger charge is -2.27. The number of carbonyl (C=O) groups is 1.